The van der Waals surface area contributed by atoms with E-state index in [2.05, 4.69) is 0 Å². The number of carbonyl (C=O) groups is 1. The maximum atomic E-state index is 10.6. The highest BCUT2D eigenvalue weighted by Crippen LogP contribution is 2.24. The minimum absolute atomic E-state index is 0. The number of aromatic carboxylic acids is 1. The average molecular weight is 270 g/mol. The number of carboxylic acid groups (broad SMARTS) is 1. The van der Waals surface area contributed by atoms with Crippen LogP contribution in [0.3, 0.4) is 0 Å². The Balaban J connectivity index is 0.00000162. The summed E-state index contributed by atoms with van der Waals surface area (Å²) in [5, 5.41) is 19.1. The lowest BCUT2D eigenvalue weighted by molar-refractivity contribution is -0.384. The Hall–Kier alpha value is -2.34. The fourth-order valence-electron chi connectivity index (χ4n) is 1.36. The van der Waals surface area contributed by atoms with Crippen molar-refractivity contribution in [3.8, 4) is 11.3 Å². The molecule has 0 saturated heterocycles. The summed E-state index contributed by atoms with van der Waals surface area (Å²) in [7, 11) is 0. The zero-order valence-electron chi connectivity index (χ0n) is 8.90. The van der Waals surface area contributed by atoms with Gasteiger partial charge in [0.2, 0.25) is 5.76 Å². The van der Waals surface area contributed by atoms with Crippen LogP contribution in [0.15, 0.2) is 40.8 Å². The Bertz CT molecular complexity index is 575. The van der Waals surface area contributed by atoms with Crippen molar-refractivity contribution in [2.24, 2.45) is 0 Å². The number of furan rings is 1. The van der Waals surface area contributed by atoms with Crippen molar-refractivity contribution in [1.29, 1.82) is 0 Å². The molecule has 0 saturated carbocycles. The number of non-ortho nitro benzene ring substituents is 1. The minimum Gasteiger partial charge on any atom is -0.475 e. The summed E-state index contributed by atoms with van der Waals surface area (Å²) in [5.41, 5.74) is 0.557. The standard InChI is InChI=1S/C11H7NO5.ClH/c13-11(14)10-6-5-9(17-10)7-1-3-8(4-2-7)12(15)16;/h1-6H,(H,13,14);1H. The first-order valence-electron chi connectivity index (χ1n) is 4.66. The third-order valence-electron chi connectivity index (χ3n) is 2.18. The van der Waals surface area contributed by atoms with E-state index in [9.17, 15) is 14.9 Å². The number of nitro groups is 1. The summed E-state index contributed by atoms with van der Waals surface area (Å²) in [6.45, 7) is 0. The Kier molecular flexibility index (Phi) is 4.06. The number of benzene rings is 1. The monoisotopic (exact) mass is 269 g/mol. The summed E-state index contributed by atoms with van der Waals surface area (Å²) in [4.78, 5) is 20.5. The SMILES string of the molecule is Cl.O=C(O)c1ccc(-c2ccc([N+](=O)[O-])cc2)o1. The molecule has 0 aliphatic heterocycles. The van der Waals surface area contributed by atoms with Gasteiger partial charge in [-0.1, -0.05) is 0 Å². The van der Waals surface area contributed by atoms with Crippen LogP contribution in [-0.4, -0.2) is 16.0 Å². The lowest BCUT2D eigenvalue weighted by atomic mass is 10.1. The Morgan fingerprint density at radius 2 is 1.78 bits per heavy atom. The number of rotatable bonds is 3. The van der Waals surface area contributed by atoms with E-state index in [1.54, 1.807) is 0 Å². The molecule has 2 rings (SSSR count). The summed E-state index contributed by atoms with van der Waals surface area (Å²) in [6, 6.07) is 8.51. The predicted molar refractivity (Wildman–Crippen MR) is 65.0 cm³/mol. The topological polar surface area (TPSA) is 93.6 Å². The van der Waals surface area contributed by atoms with Gasteiger partial charge in [-0.25, -0.2) is 4.79 Å². The zero-order chi connectivity index (χ0) is 12.4. The molecular weight excluding hydrogens is 262 g/mol. The Morgan fingerprint density at radius 1 is 1.17 bits per heavy atom. The molecule has 0 radical (unpaired) electrons. The van der Waals surface area contributed by atoms with Gasteiger partial charge in [0.25, 0.3) is 5.69 Å². The molecule has 1 aromatic heterocycles. The van der Waals surface area contributed by atoms with E-state index in [0.29, 0.717) is 11.3 Å². The van der Waals surface area contributed by atoms with Gasteiger partial charge in [0.1, 0.15) is 5.76 Å². The largest absolute Gasteiger partial charge is 0.475 e. The van der Waals surface area contributed by atoms with Gasteiger partial charge in [-0.05, 0) is 24.3 Å². The Morgan fingerprint density at radius 3 is 2.22 bits per heavy atom. The van der Waals surface area contributed by atoms with E-state index in [-0.39, 0.29) is 23.9 Å². The lowest BCUT2D eigenvalue weighted by Gasteiger charge is -1.96. The van der Waals surface area contributed by atoms with Gasteiger partial charge in [0, 0.05) is 17.7 Å². The molecule has 0 fully saturated rings. The van der Waals surface area contributed by atoms with Crippen molar-refractivity contribution in [3.63, 3.8) is 0 Å². The van der Waals surface area contributed by atoms with Gasteiger partial charge >= 0.3 is 5.97 Å². The second-order valence-electron chi connectivity index (χ2n) is 3.27. The maximum Gasteiger partial charge on any atom is 0.371 e. The number of nitrogens with zero attached hydrogens (tertiary/aromatic N) is 1. The number of halogens is 1. The molecule has 6 nitrogen and oxygen atoms in total. The van der Waals surface area contributed by atoms with E-state index >= 15 is 0 Å². The van der Waals surface area contributed by atoms with E-state index in [1.807, 2.05) is 0 Å². The van der Waals surface area contributed by atoms with Crippen molar-refractivity contribution in [2.75, 3.05) is 0 Å². The average Bonchev–Trinajstić information content (AvgIpc) is 2.78. The van der Waals surface area contributed by atoms with Crippen molar-refractivity contribution in [3.05, 3.63) is 52.3 Å². The number of carboxylic acids is 1. The van der Waals surface area contributed by atoms with Crippen LogP contribution in [0.4, 0.5) is 5.69 Å². The third-order valence-corrected chi connectivity index (χ3v) is 2.18. The first-order chi connectivity index (χ1) is 8.08. The fraction of sp³-hybridized carbons (Fsp3) is 0. The van der Waals surface area contributed by atoms with Gasteiger partial charge in [-0.3, -0.25) is 10.1 Å². The molecule has 0 aliphatic rings. The van der Waals surface area contributed by atoms with Gasteiger partial charge in [0.15, 0.2) is 0 Å². The molecule has 2 aromatic rings. The van der Waals surface area contributed by atoms with Crippen LogP contribution in [0.1, 0.15) is 10.6 Å². The first kappa shape index (κ1) is 13.7. The Labute approximate surface area is 107 Å². The zero-order valence-corrected chi connectivity index (χ0v) is 9.72. The molecule has 7 heteroatoms. The van der Waals surface area contributed by atoms with Crippen LogP contribution in [0.2, 0.25) is 0 Å². The normalized spacial score (nSPS) is 9.56. The highest BCUT2D eigenvalue weighted by molar-refractivity contribution is 5.85. The first-order valence-corrected chi connectivity index (χ1v) is 4.66. The van der Waals surface area contributed by atoms with Crippen molar-refractivity contribution >= 4 is 24.1 Å². The van der Waals surface area contributed by atoms with Crippen LogP contribution >= 0.6 is 12.4 Å². The second-order valence-corrected chi connectivity index (χ2v) is 3.27. The lowest BCUT2D eigenvalue weighted by Crippen LogP contribution is -1.91. The second kappa shape index (κ2) is 5.33. The van der Waals surface area contributed by atoms with Gasteiger partial charge in [-0.2, -0.15) is 0 Å². The van der Waals surface area contributed by atoms with Crippen molar-refractivity contribution < 1.29 is 19.2 Å². The molecule has 1 heterocycles. The van der Waals surface area contributed by atoms with Gasteiger partial charge in [0.05, 0.1) is 4.92 Å². The summed E-state index contributed by atoms with van der Waals surface area (Å²) < 4.78 is 5.06. The quantitative estimate of drug-likeness (QED) is 0.683. The van der Waals surface area contributed by atoms with Crippen LogP contribution in [0, 0.1) is 10.1 Å². The van der Waals surface area contributed by atoms with Crippen molar-refractivity contribution in [1.82, 2.24) is 0 Å². The summed E-state index contributed by atoms with van der Waals surface area (Å²) in [5.74, 6) is -0.964. The van der Waals surface area contributed by atoms with E-state index in [4.69, 9.17) is 9.52 Å². The van der Waals surface area contributed by atoms with Gasteiger partial charge in [-0.15, -0.1) is 12.4 Å². The van der Waals surface area contributed by atoms with Crippen LogP contribution in [0.25, 0.3) is 11.3 Å². The number of nitro benzene ring substituents is 1. The molecule has 0 amide bonds. The highest BCUT2D eigenvalue weighted by Gasteiger charge is 2.11. The van der Waals surface area contributed by atoms with E-state index < -0.39 is 10.9 Å². The molecule has 1 N–H and O–H groups in total. The molecule has 0 atom stereocenters. The van der Waals surface area contributed by atoms with E-state index in [1.165, 1.54) is 36.4 Å². The predicted octanol–water partition coefficient (Wildman–Crippen LogP) is 2.97. The molecule has 94 valence electrons. The molecule has 0 unspecified atom stereocenters. The molecule has 0 bridgehead atoms. The highest BCUT2D eigenvalue weighted by atomic mass is 35.5. The van der Waals surface area contributed by atoms with E-state index in [0.717, 1.165) is 0 Å². The van der Waals surface area contributed by atoms with Crippen LogP contribution in [0.5, 0.6) is 0 Å². The summed E-state index contributed by atoms with van der Waals surface area (Å²) in [6.07, 6.45) is 0. The van der Waals surface area contributed by atoms with Crippen LogP contribution in [-0.2, 0) is 0 Å². The van der Waals surface area contributed by atoms with Crippen LogP contribution < -0.4 is 0 Å². The number of hydrogen-bond donors (Lipinski definition) is 1. The smallest absolute Gasteiger partial charge is 0.371 e. The van der Waals surface area contributed by atoms with Crippen molar-refractivity contribution in [2.45, 2.75) is 0 Å². The summed E-state index contributed by atoms with van der Waals surface area (Å²) >= 11 is 0. The number of hydrogen-bond acceptors (Lipinski definition) is 4. The maximum absolute atomic E-state index is 10.6. The molecule has 18 heavy (non-hydrogen) atoms. The molecule has 0 spiro atoms. The third kappa shape index (κ3) is 2.67. The molecular formula is C11H8ClNO5. The fourth-order valence-corrected chi connectivity index (χ4v) is 1.36. The van der Waals surface area contributed by atoms with Gasteiger partial charge < -0.3 is 9.52 Å². The molecule has 0 aliphatic carbocycles. The minimum atomic E-state index is -1.15. The molecule has 1 aromatic carbocycles.